The highest BCUT2D eigenvalue weighted by Gasteiger charge is 2.08. The molecule has 2 heteroatoms. The van der Waals surface area contributed by atoms with Crippen molar-refractivity contribution in [2.45, 2.75) is 6.42 Å². The van der Waals surface area contributed by atoms with Crippen LogP contribution in [0.2, 0.25) is 0 Å². The molecule has 1 heterocycles. The smallest absolute Gasteiger partial charge is 0.197 e. The molecule has 0 aliphatic heterocycles. The molecule has 0 unspecified atom stereocenters. The molecule has 3 aromatic rings. The van der Waals surface area contributed by atoms with E-state index in [2.05, 4.69) is 0 Å². The quantitative estimate of drug-likeness (QED) is 0.495. The molecule has 2 aromatic carbocycles. The highest BCUT2D eigenvalue weighted by atomic mass is 16.5. The average molecular weight is 235 g/mol. The summed E-state index contributed by atoms with van der Waals surface area (Å²) in [6.07, 6.45) is 2.31. The van der Waals surface area contributed by atoms with Gasteiger partial charge in [-0.3, -0.25) is 0 Å². The lowest BCUT2D eigenvalue weighted by Crippen LogP contribution is -2.31. The van der Waals surface area contributed by atoms with Crippen molar-refractivity contribution in [3.8, 4) is 0 Å². The van der Waals surface area contributed by atoms with E-state index in [0.29, 0.717) is 6.42 Å². The summed E-state index contributed by atoms with van der Waals surface area (Å²) in [5.41, 5.74) is 1.93. The Hall–Kier alpha value is -2.35. The zero-order valence-corrected chi connectivity index (χ0v) is 9.91. The van der Waals surface area contributed by atoms with Gasteiger partial charge >= 0.3 is 0 Å². The van der Waals surface area contributed by atoms with Crippen LogP contribution in [0, 0.1) is 5.21 Å². The standard InChI is InChI=1S/C16H13NO/c18-17-12-15-9-5-4-8-14(15)11-16(17)10-13-6-2-1-3-7-13/h1-9,11-12H,10H2. The van der Waals surface area contributed by atoms with E-state index >= 15 is 0 Å². The minimum Gasteiger partial charge on any atom is -0.618 e. The second-order valence-electron chi connectivity index (χ2n) is 4.38. The summed E-state index contributed by atoms with van der Waals surface area (Å²) in [6, 6.07) is 19.9. The Bertz CT molecular complexity index is 677. The summed E-state index contributed by atoms with van der Waals surface area (Å²) >= 11 is 0. The fraction of sp³-hybridized carbons (Fsp3) is 0.0625. The largest absolute Gasteiger partial charge is 0.618 e. The summed E-state index contributed by atoms with van der Waals surface area (Å²) in [5, 5.41) is 14.0. The average Bonchev–Trinajstić information content (AvgIpc) is 2.41. The van der Waals surface area contributed by atoms with Crippen LogP contribution in [0.5, 0.6) is 0 Å². The van der Waals surface area contributed by atoms with Gasteiger partial charge < -0.3 is 5.21 Å². The van der Waals surface area contributed by atoms with Gasteiger partial charge in [-0.25, -0.2) is 0 Å². The Morgan fingerprint density at radius 1 is 0.833 bits per heavy atom. The van der Waals surface area contributed by atoms with Crippen molar-refractivity contribution in [3.63, 3.8) is 0 Å². The normalized spacial score (nSPS) is 10.7. The molecule has 0 amide bonds. The predicted octanol–water partition coefficient (Wildman–Crippen LogP) is 3.06. The summed E-state index contributed by atoms with van der Waals surface area (Å²) in [6.45, 7) is 0. The van der Waals surface area contributed by atoms with E-state index in [1.165, 1.54) is 0 Å². The maximum absolute atomic E-state index is 12.0. The van der Waals surface area contributed by atoms with Crippen LogP contribution in [0.1, 0.15) is 11.3 Å². The van der Waals surface area contributed by atoms with Gasteiger partial charge in [-0.1, -0.05) is 48.5 Å². The van der Waals surface area contributed by atoms with E-state index in [9.17, 15) is 5.21 Å². The number of rotatable bonds is 2. The lowest BCUT2D eigenvalue weighted by Gasteiger charge is -2.06. The molecule has 0 aliphatic rings. The first-order valence-corrected chi connectivity index (χ1v) is 5.98. The Balaban J connectivity index is 2.04. The Kier molecular flexibility index (Phi) is 2.69. The van der Waals surface area contributed by atoms with Gasteiger partial charge in [0.15, 0.2) is 11.9 Å². The third kappa shape index (κ3) is 2.05. The van der Waals surface area contributed by atoms with Crippen molar-refractivity contribution in [3.05, 3.63) is 83.3 Å². The third-order valence-electron chi connectivity index (χ3n) is 3.09. The predicted molar refractivity (Wildman–Crippen MR) is 72.2 cm³/mol. The van der Waals surface area contributed by atoms with E-state index in [-0.39, 0.29) is 0 Å². The van der Waals surface area contributed by atoms with Gasteiger partial charge in [0.1, 0.15) is 0 Å². The van der Waals surface area contributed by atoms with Crippen LogP contribution in [-0.2, 0) is 6.42 Å². The molecule has 0 saturated heterocycles. The molecule has 1 aromatic heterocycles. The van der Waals surface area contributed by atoms with Gasteiger partial charge in [-0.15, -0.1) is 0 Å². The van der Waals surface area contributed by atoms with Gasteiger partial charge in [-0.2, -0.15) is 4.73 Å². The van der Waals surface area contributed by atoms with Crippen LogP contribution in [0.25, 0.3) is 10.8 Å². The molecule has 18 heavy (non-hydrogen) atoms. The Morgan fingerprint density at radius 2 is 1.50 bits per heavy atom. The van der Waals surface area contributed by atoms with Gasteiger partial charge in [0.2, 0.25) is 0 Å². The van der Waals surface area contributed by atoms with Crippen molar-refractivity contribution < 1.29 is 4.73 Å². The minimum absolute atomic E-state index is 0.662. The highest BCUT2D eigenvalue weighted by Crippen LogP contribution is 2.14. The fourth-order valence-electron chi connectivity index (χ4n) is 2.15. The zero-order chi connectivity index (χ0) is 12.4. The summed E-state index contributed by atoms with van der Waals surface area (Å²) < 4.78 is 0.968. The molecule has 0 radical (unpaired) electrons. The van der Waals surface area contributed by atoms with Crippen molar-refractivity contribution >= 4 is 10.8 Å². The monoisotopic (exact) mass is 235 g/mol. The Labute approximate surface area is 106 Å². The maximum Gasteiger partial charge on any atom is 0.197 e. The van der Waals surface area contributed by atoms with E-state index < -0.39 is 0 Å². The second kappa shape index (κ2) is 4.49. The molecule has 3 rings (SSSR count). The van der Waals surface area contributed by atoms with Crippen molar-refractivity contribution in [1.29, 1.82) is 0 Å². The number of hydrogen-bond donors (Lipinski definition) is 0. The van der Waals surface area contributed by atoms with Crippen molar-refractivity contribution in [2.24, 2.45) is 0 Å². The highest BCUT2D eigenvalue weighted by molar-refractivity contribution is 5.81. The van der Waals surface area contributed by atoms with E-state index in [4.69, 9.17) is 0 Å². The number of hydrogen-bond acceptors (Lipinski definition) is 1. The Morgan fingerprint density at radius 3 is 2.28 bits per heavy atom. The molecule has 0 atom stereocenters. The van der Waals surface area contributed by atoms with E-state index in [1.54, 1.807) is 6.20 Å². The lowest BCUT2D eigenvalue weighted by molar-refractivity contribution is -0.612. The molecular weight excluding hydrogens is 222 g/mol. The van der Waals surface area contributed by atoms with Crippen molar-refractivity contribution in [1.82, 2.24) is 0 Å². The molecule has 0 N–H and O–H groups in total. The number of nitrogens with zero attached hydrogens (tertiary/aromatic N) is 1. The number of aromatic nitrogens is 1. The summed E-state index contributed by atoms with van der Waals surface area (Å²) in [4.78, 5) is 0. The zero-order valence-electron chi connectivity index (χ0n) is 9.91. The van der Waals surface area contributed by atoms with Crippen LogP contribution in [0.15, 0.2) is 66.9 Å². The van der Waals surface area contributed by atoms with Crippen LogP contribution < -0.4 is 4.73 Å². The van der Waals surface area contributed by atoms with Gasteiger partial charge in [0.05, 0.1) is 6.42 Å². The van der Waals surface area contributed by atoms with Crippen molar-refractivity contribution in [2.75, 3.05) is 0 Å². The number of pyridine rings is 1. The summed E-state index contributed by atoms with van der Waals surface area (Å²) in [5.74, 6) is 0. The second-order valence-corrected chi connectivity index (χ2v) is 4.38. The molecular formula is C16H13NO. The van der Waals surface area contributed by atoms with Gasteiger partial charge in [0.25, 0.3) is 0 Å². The molecule has 0 aliphatic carbocycles. The maximum atomic E-state index is 12.0. The lowest BCUT2D eigenvalue weighted by atomic mass is 10.1. The summed E-state index contributed by atoms with van der Waals surface area (Å²) in [7, 11) is 0. The fourth-order valence-corrected chi connectivity index (χ4v) is 2.15. The van der Waals surface area contributed by atoms with E-state index in [1.807, 2.05) is 60.7 Å². The molecule has 0 spiro atoms. The molecule has 0 saturated carbocycles. The molecule has 0 fully saturated rings. The number of fused-ring (bicyclic) bond motifs is 1. The van der Waals surface area contributed by atoms with Crippen LogP contribution in [-0.4, -0.2) is 0 Å². The molecule has 2 nitrogen and oxygen atoms in total. The van der Waals surface area contributed by atoms with Crippen LogP contribution in [0.3, 0.4) is 0 Å². The van der Waals surface area contributed by atoms with Gasteiger partial charge in [-0.05, 0) is 17.0 Å². The topological polar surface area (TPSA) is 26.9 Å². The third-order valence-corrected chi connectivity index (χ3v) is 3.09. The molecule has 88 valence electrons. The first kappa shape index (κ1) is 10.8. The first-order valence-electron chi connectivity index (χ1n) is 5.98. The first-order chi connectivity index (χ1) is 8.83. The van der Waals surface area contributed by atoms with Crippen LogP contribution >= 0.6 is 0 Å². The van der Waals surface area contributed by atoms with E-state index in [0.717, 1.165) is 26.8 Å². The number of benzene rings is 2. The SMILES string of the molecule is [O-][n+]1cc2ccccc2cc1Cc1ccccc1. The minimum atomic E-state index is 0.662. The molecule has 0 bridgehead atoms. The van der Waals surface area contributed by atoms with Gasteiger partial charge in [0, 0.05) is 11.5 Å². The van der Waals surface area contributed by atoms with Crippen LogP contribution in [0.4, 0.5) is 0 Å².